The summed E-state index contributed by atoms with van der Waals surface area (Å²) in [5.41, 5.74) is 6.64. The van der Waals surface area contributed by atoms with Gasteiger partial charge in [0.1, 0.15) is 0 Å². The summed E-state index contributed by atoms with van der Waals surface area (Å²) in [6.07, 6.45) is 1.10. The Morgan fingerprint density at radius 2 is 1.80 bits per heavy atom. The lowest BCUT2D eigenvalue weighted by molar-refractivity contribution is 0.0994. The fraction of sp³-hybridized carbons (Fsp3) is 0.409. The molecule has 0 saturated carbocycles. The van der Waals surface area contributed by atoms with Gasteiger partial charge in [0.05, 0.1) is 7.11 Å². The molecular weight excluding hydrogens is 384 g/mol. The molecule has 0 aliphatic heterocycles. The van der Waals surface area contributed by atoms with Crippen LogP contribution in [0, 0.1) is 5.41 Å². The third-order valence-corrected chi connectivity index (χ3v) is 3.72. The van der Waals surface area contributed by atoms with Crippen molar-refractivity contribution in [3.8, 4) is 17.4 Å². The maximum atomic E-state index is 11.0. The van der Waals surface area contributed by atoms with Gasteiger partial charge < -0.3 is 25.6 Å². The van der Waals surface area contributed by atoms with Gasteiger partial charge in [0.25, 0.3) is 5.91 Å². The van der Waals surface area contributed by atoms with Crippen LogP contribution >= 0.6 is 0 Å². The molecule has 0 spiro atoms. The van der Waals surface area contributed by atoms with Gasteiger partial charge in [0.2, 0.25) is 5.88 Å². The SMILES string of the molecule is C=C.CO.COc1cc(CNCCC(C)(C)C)ccc1Oc1ccc(C(N)=O)nn1. The fourth-order valence-corrected chi connectivity index (χ4v) is 2.22. The van der Waals surface area contributed by atoms with E-state index in [4.69, 9.17) is 20.3 Å². The lowest BCUT2D eigenvalue weighted by atomic mass is 9.92. The number of aromatic nitrogens is 2. The summed E-state index contributed by atoms with van der Waals surface area (Å²) in [6, 6.07) is 8.71. The van der Waals surface area contributed by atoms with Crippen molar-refractivity contribution in [2.75, 3.05) is 20.8 Å². The third kappa shape index (κ3) is 9.99. The number of carbonyl (C=O) groups is 1. The van der Waals surface area contributed by atoms with Gasteiger partial charge in [-0.3, -0.25) is 4.79 Å². The molecule has 0 aliphatic rings. The van der Waals surface area contributed by atoms with Gasteiger partial charge in [0.15, 0.2) is 17.2 Å². The van der Waals surface area contributed by atoms with Gasteiger partial charge in [-0.1, -0.05) is 26.8 Å². The Morgan fingerprint density at radius 3 is 2.30 bits per heavy atom. The van der Waals surface area contributed by atoms with Crippen LogP contribution in [0.25, 0.3) is 0 Å². The lowest BCUT2D eigenvalue weighted by Gasteiger charge is -2.18. The van der Waals surface area contributed by atoms with E-state index >= 15 is 0 Å². The monoisotopic (exact) mass is 418 g/mol. The lowest BCUT2D eigenvalue weighted by Crippen LogP contribution is -2.20. The molecule has 0 atom stereocenters. The number of carbonyl (C=O) groups excluding carboxylic acids is 1. The van der Waals surface area contributed by atoms with E-state index in [1.54, 1.807) is 7.11 Å². The molecule has 1 aromatic carbocycles. The molecule has 1 aromatic heterocycles. The Kier molecular flexibility index (Phi) is 12.7. The van der Waals surface area contributed by atoms with Crippen LogP contribution in [-0.2, 0) is 6.54 Å². The van der Waals surface area contributed by atoms with Crippen molar-refractivity contribution in [3.63, 3.8) is 0 Å². The largest absolute Gasteiger partial charge is 0.493 e. The zero-order valence-electron chi connectivity index (χ0n) is 18.6. The number of nitrogens with one attached hydrogen (secondary N) is 1. The highest BCUT2D eigenvalue weighted by molar-refractivity contribution is 5.90. The number of ether oxygens (including phenoxy) is 2. The van der Waals surface area contributed by atoms with Crippen molar-refractivity contribution in [1.29, 1.82) is 0 Å². The molecule has 8 nitrogen and oxygen atoms in total. The maximum absolute atomic E-state index is 11.0. The van der Waals surface area contributed by atoms with Crippen LogP contribution < -0.4 is 20.5 Å². The molecule has 8 heteroatoms. The second-order valence-corrected chi connectivity index (χ2v) is 7.20. The number of aliphatic hydroxyl groups excluding tert-OH is 1. The van der Waals surface area contributed by atoms with Gasteiger partial charge in [-0.05, 0) is 42.1 Å². The molecule has 1 amide bonds. The first-order valence-electron chi connectivity index (χ1n) is 9.42. The number of rotatable bonds is 8. The van der Waals surface area contributed by atoms with E-state index in [2.05, 4.69) is 49.4 Å². The van der Waals surface area contributed by atoms with Crippen molar-refractivity contribution in [2.24, 2.45) is 11.1 Å². The molecule has 2 rings (SSSR count). The van der Waals surface area contributed by atoms with Crippen molar-refractivity contribution < 1.29 is 19.4 Å². The van der Waals surface area contributed by atoms with E-state index in [0.29, 0.717) is 16.9 Å². The summed E-state index contributed by atoms with van der Waals surface area (Å²) in [6.45, 7) is 14.4. The highest BCUT2D eigenvalue weighted by Crippen LogP contribution is 2.31. The molecule has 0 fully saturated rings. The number of aliphatic hydroxyl groups is 1. The standard InChI is InChI=1S/C19H26N4O3.C2H4.CH4O/c1-19(2,3)9-10-21-12-13-5-7-15(16(11-13)25-4)26-17-8-6-14(18(20)24)22-23-17;2*1-2/h5-8,11,21H,9-10,12H2,1-4H3,(H2,20,24);1-2H2;2H,1H3. The first-order valence-corrected chi connectivity index (χ1v) is 9.42. The number of methoxy groups -OCH3 is 1. The molecule has 166 valence electrons. The van der Waals surface area contributed by atoms with Crippen LogP contribution in [0.15, 0.2) is 43.5 Å². The second kappa shape index (κ2) is 14.1. The highest BCUT2D eigenvalue weighted by atomic mass is 16.5. The smallest absolute Gasteiger partial charge is 0.269 e. The maximum Gasteiger partial charge on any atom is 0.269 e. The molecule has 0 aliphatic carbocycles. The summed E-state index contributed by atoms with van der Waals surface area (Å²) >= 11 is 0. The summed E-state index contributed by atoms with van der Waals surface area (Å²) in [5.74, 6) is 0.738. The molecule has 0 bridgehead atoms. The topological polar surface area (TPSA) is 120 Å². The predicted molar refractivity (Wildman–Crippen MR) is 119 cm³/mol. The first kappa shape index (κ1) is 27.0. The predicted octanol–water partition coefficient (Wildman–Crippen LogP) is 3.31. The Labute approximate surface area is 179 Å². The molecule has 2 aromatic rings. The number of amides is 1. The Hall–Kier alpha value is -2.97. The quantitative estimate of drug-likeness (QED) is 0.444. The Balaban J connectivity index is 0.00000198. The number of benzene rings is 1. The van der Waals surface area contributed by atoms with E-state index in [1.165, 1.54) is 12.1 Å². The van der Waals surface area contributed by atoms with Gasteiger partial charge >= 0.3 is 0 Å². The second-order valence-electron chi connectivity index (χ2n) is 7.20. The molecule has 30 heavy (non-hydrogen) atoms. The third-order valence-electron chi connectivity index (χ3n) is 3.72. The van der Waals surface area contributed by atoms with Crippen LogP contribution in [0.3, 0.4) is 0 Å². The Morgan fingerprint density at radius 1 is 1.13 bits per heavy atom. The number of hydrogen-bond donors (Lipinski definition) is 3. The van der Waals surface area contributed by atoms with Gasteiger partial charge in [-0.15, -0.1) is 23.4 Å². The average molecular weight is 419 g/mol. The van der Waals surface area contributed by atoms with E-state index in [9.17, 15) is 4.79 Å². The minimum Gasteiger partial charge on any atom is -0.493 e. The first-order chi connectivity index (χ1) is 14.3. The summed E-state index contributed by atoms with van der Waals surface area (Å²) in [7, 11) is 2.58. The number of primary amides is 1. The minimum absolute atomic E-state index is 0.0843. The molecule has 0 saturated heterocycles. The van der Waals surface area contributed by atoms with Crippen LogP contribution in [-0.4, -0.2) is 42.0 Å². The van der Waals surface area contributed by atoms with E-state index in [0.717, 1.165) is 32.2 Å². The summed E-state index contributed by atoms with van der Waals surface area (Å²) in [5, 5.41) is 18.0. The van der Waals surface area contributed by atoms with Crippen LogP contribution in [0.5, 0.6) is 17.4 Å². The molecule has 0 unspecified atom stereocenters. The minimum atomic E-state index is -0.634. The molecule has 1 heterocycles. The average Bonchev–Trinajstić information content (AvgIpc) is 2.74. The number of nitrogens with zero attached hydrogens (tertiary/aromatic N) is 2. The summed E-state index contributed by atoms with van der Waals surface area (Å²) in [4.78, 5) is 11.0. The van der Waals surface area contributed by atoms with Crippen LogP contribution in [0.4, 0.5) is 0 Å². The van der Waals surface area contributed by atoms with Crippen molar-refractivity contribution in [1.82, 2.24) is 15.5 Å². The fourth-order valence-electron chi connectivity index (χ4n) is 2.22. The van der Waals surface area contributed by atoms with Crippen LogP contribution in [0.1, 0.15) is 43.2 Å². The van der Waals surface area contributed by atoms with E-state index in [1.807, 2.05) is 18.2 Å². The highest BCUT2D eigenvalue weighted by Gasteiger charge is 2.11. The molecular formula is C22H34N4O4. The van der Waals surface area contributed by atoms with E-state index < -0.39 is 5.91 Å². The van der Waals surface area contributed by atoms with E-state index in [-0.39, 0.29) is 11.6 Å². The van der Waals surface area contributed by atoms with Gasteiger partial charge in [-0.2, -0.15) is 0 Å². The normalized spacial score (nSPS) is 10.1. The molecule has 4 N–H and O–H groups in total. The summed E-state index contributed by atoms with van der Waals surface area (Å²) < 4.78 is 11.1. The van der Waals surface area contributed by atoms with Crippen LogP contribution in [0.2, 0.25) is 0 Å². The molecule has 0 radical (unpaired) electrons. The van der Waals surface area contributed by atoms with Gasteiger partial charge in [0, 0.05) is 19.7 Å². The Bertz CT molecular complexity index is 759. The van der Waals surface area contributed by atoms with Gasteiger partial charge in [-0.25, -0.2) is 0 Å². The number of nitrogens with two attached hydrogens (primary N) is 1. The van der Waals surface area contributed by atoms with Crippen molar-refractivity contribution in [2.45, 2.75) is 33.7 Å². The zero-order valence-corrected chi connectivity index (χ0v) is 18.6. The zero-order chi connectivity index (χ0) is 23.2. The van der Waals surface area contributed by atoms with Crippen molar-refractivity contribution in [3.05, 3.63) is 54.7 Å². The number of hydrogen-bond acceptors (Lipinski definition) is 7. The van der Waals surface area contributed by atoms with Crippen molar-refractivity contribution >= 4 is 5.91 Å².